The molecule has 4 rings (SSSR count). The highest BCUT2D eigenvalue weighted by atomic mass is 16.2. The molecule has 2 aliphatic rings. The largest absolute Gasteiger partial charge is 0.369 e. The minimum absolute atomic E-state index is 0.0303. The van der Waals surface area contributed by atoms with Crippen LogP contribution in [0.5, 0.6) is 0 Å². The van der Waals surface area contributed by atoms with E-state index in [1.54, 1.807) is 16.7 Å². The van der Waals surface area contributed by atoms with Gasteiger partial charge in [-0.1, -0.05) is 54.1 Å². The number of aryl methyl sites for hydroxylation is 1. The Balaban J connectivity index is 1.49. The molecule has 6 nitrogen and oxygen atoms in total. The second kappa shape index (κ2) is 9.38. The maximum absolute atomic E-state index is 13.2. The van der Waals surface area contributed by atoms with E-state index in [1.807, 2.05) is 12.1 Å². The third kappa shape index (κ3) is 4.80. The number of nitrogens with zero attached hydrogens (tertiary/aromatic N) is 2. The summed E-state index contributed by atoms with van der Waals surface area (Å²) in [5.74, 6) is -0.430. The highest BCUT2D eigenvalue weighted by molar-refractivity contribution is 5.89. The Hall–Kier alpha value is -3.15. The van der Waals surface area contributed by atoms with Crippen LogP contribution in [0.15, 0.2) is 48.5 Å². The first kappa shape index (κ1) is 23.0. The van der Waals surface area contributed by atoms with Gasteiger partial charge in [0.2, 0.25) is 17.7 Å². The fraction of sp³-hybridized carbons (Fsp3) is 0.444. The molecule has 0 saturated carbocycles. The normalized spacial score (nSPS) is 21.8. The van der Waals surface area contributed by atoms with Gasteiger partial charge >= 0.3 is 0 Å². The zero-order valence-corrected chi connectivity index (χ0v) is 19.5. The lowest BCUT2D eigenvalue weighted by molar-refractivity contribution is -0.147. The van der Waals surface area contributed by atoms with Gasteiger partial charge in [0.25, 0.3) is 0 Å². The lowest BCUT2D eigenvalue weighted by Crippen LogP contribution is -2.56. The van der Waals surface area contributed by atoms with Gasteiger partial charge in [0, 0.05) is 26.1 Å². The van der Waals surface area contributed by atoms with Crippen molar-refractivity contribution in [3.63, 3.8) is 0 Å². The van der Waals surface area contributed by atoms with Crippen LogP contribution in [0.4, 0.5) is 0 Å². The van der Waals surface area contributed by atoms with E-state index < -0.39 is 11.5 Å². The van der Waals surface area contributed by atoms with Gasteiger partial charge in [-0.3, -0.25) is 14.4 Å². The van der Waals surface area contributed by atoms with Gasteiger partial charge in [-0.25, -0.2) is 0 Å². The number of primary amides is 1. The van der Waals surface area contributed by atoms with Crippen molar-refractivity contribution < 1.29 is 14.4 Å². The molecule has 33 heavy (non-hydrogen) atoms. The van der Waals surface area contributed by atoms with Gasteiger partial charge in [0.05, 0.1) is 5.41 Å². The zero-order chi connectivity index (χ0) is 23.6. The second-order valence-corrected chi connectivity index (χ2v) is 9.61. The van der Waals surface area contributed by atoms with Gasteiger partial charge in [-0.15, -0.1) is 0 Å². The molecule has 0 aromatic heterocycles. The molecule has 2 aliphatic heterocycles. The highest BCUT2D eigenvalue weighted by Crippen LogP contribution is 2.35. The van der Waals surface area contributed by atoms with E-state index in [-0.39, 0.29) is 17.7 Å². The molecule has 0 bridgehead atoms. The zero-order valence-electron chi connectivity index (χ0n) is 19.5. The fourth-order valence-corrected chi connectivity index (χ4v) is 5.18. The Kier molecular flexibility index (Phi) is 6.54. The average molecular weight is 448 g/mol. The molecular weight excluding hydrogens is 414 g/mol. The number of hydrogen-bond acceptors (Lipinski definition) is 3. The molecule has 2 N–H and O–H groups in total. The highest BCUT2D eigenvalue weighted by Gasteiger charge is 2.43. The molecule has 2 aromatic carbocycles. The molecule has 0 aliphatic carbocycles. The molecule has 2 atom stereocenters. The Morgan fingerprint density at radius 1 is 1.00 bits per heavy atom. The lowest BCUT2D eigenvalue weighted by Gasteiger charge is -2.42. The Morgan fingerprint density at radius 3 is 2.21 bits per heavy atom. The lowest BCUT2D eigenvalue weighted by atomic mass is 9.74. The van der Waals surface area contributed by atoms with E-state index >= 15 is 0 Å². The van der Waals surface area contributed by atoms with Gasteiger partial charge in [-0.2, -0.15) is 0 Å². The van der Waals surface area contributed by atoms with E-state index in [2.05, 4.69) is 43.3 Å². The third-order valence-corrected chi connectivity index (χ3v) is 7.23. The SMILES string of the molecule is Cc1ccc(-c2ccc(C[C@@]3(C(N)=O)CCCN(C(=O)[C@@H](C)N4CCCC4=O)C3)cc2)cc1. The van der Waals surface area contributed by atoms with Gasteiger partial charge in [0.15, 0.2) is 0 Å². The van der Waals surface area contributed by atoms with E-state index in [1.165, 1.54) is 5.56 Å². The maximum atomic E-state index is 13.2. The number of nitrogens with two attached hydrogens (primary N) is 1. The number of carbonyl (C=O) groups is 3. The summed E-state index contributed by atoms with van der Waals surface area (Å²) in [6.07, 6.45) is 3.17. The topological polar surface area (TPSA) is 83.7 Å². The van der Waals surface area contributed by atoms with E-state index in [0.717, 1.165) is 29.5 Å². The van der Waals surface area contributed by atoms with Crippen molar-refractivity contribution in [3.8, 4) is 11.1 Å². The quantitative estimate of drug-likeness (QED) is 0.737. The molecule has 2 fully saturated rings. The summed E-state index contributed by atoms with van der Waals surface area (Å²) >= 11 is 0. The monoisotopic (exact) mass is 447 g/mol. The molecule has 0 radical (unpaired) electrons. The number of piperidine rings is 1. The standard InChI is InChI=1S/C27H33N3O3/c1-19-6-10-22(11-7-19)23-12-8-21(9-13-23)17-27(26(28)33)14-4-15-29(18-27)25(32)20(2)30-16-3-5-24(30)31/h6-13,20H,3-5,14-18H2,1-2H3,(H2,28,33)/t20-,27+/m1/s1. The van der Waals surface area contributed by atoms with Gasteiger partial charge < -0.3 is 15.5 Å². The average Bonchev–Trinajstić information content (AvgIpc) is 3.25. The van der Waals surface area contributed by atoms with E-state index in [0.29, 0.717) is 38.9 Å². The number of amides is 3. The number of likely N-dealkylation sites (tertiary alicyclic amines) is 2. The minimum Gasteiger partial charge on any atom is -0.369 e. The first-order chi connectivity index (χ1) is 15.8. The summed E-state index contributed by atoms with van der Waals surface area (Å²) in [6, 6.07) is 16.1. The minimum atomic E-state index is -0.798. The number of carbonyl (C=O) groups excluding carboxylic acids is 3. The van der Waals surface area contributed by atoms with Gasteiger partial charge in [-0.05, 0) is 56.2 Å². The molecule has 3 amide bonds. The van der Waals surface area contributed by atoms with Crippen LogP contribution in [0.1, 0.15) is 43.7 Å². The molecule has 2 aromatic rings. The van der Waals surface area contributed by atoms with Crippen molar-refractivity contribution in [1.29, 1.82) is 0 Å². The summed E-state index contributed by atoms with van der Waals surface area (Å²) in [4.78, 5) is 41.4. The van der Waals surface area contributed by atoms with Crippen molar-refractivity contribution in [1.82, 2.24) is 9.80 Å². The second-order valence-electron chi connectivity index (χ2n) is 9.61. The van der Waals surface area contributed by atoms with E-state index in [9.17, 15) is 14.4 Å². The number of rotatable bonds is 6. The third-order valence-electron chi connectivity index (χ3n) is 7.23. The van der Waals surface area contributed by atoms with Crippen molar-refractivity contribution in [2.75, 3.05) is 19.6 Å². The smallest absolute Gasteiger partial charge is 0.245 e. The summed E-state index contributed by atoms with van der Waals surface area (Å²) in [7, 11) is 0. The summed E-state index contributed by atoms with van der Waals surface area (Å²) < 4.78 is 0. The molecule has 2 saturated heterocycles. The first-order valence-electron chi connectivity index (χ1n) is 11.8. The predicted molar refractivity (Wildman–Crippen MR) is 128 cm³/mol. The van der Waals surface area contributed by atoms with Crippen molar-refractivity contribution >= 4 is 17.7 Å². The van der Waals surface area contributed by atoms with Crippen molar-refractivity contribution in [2.45, 2.75) is 52.0 Å². The Bertz CT molecular complexity index is 1030. The van der Waals surface area contributed by atoms with Crippen LogP contribution in [0.3, 0.4) is 0 Å². The summed E-state index contributed by atoms with van der Waals surface area (Å²) in [5.41, 5.74) is 9.65. The maximum Gasteiger partial charge on any atom is 0.245 e. The summed E-state index contributed by atoms with van der Waals surface area (Å²) in [5, 5.41) is 0. The number of benzene rings is 2. The molecule has 0 unspecified atom stereocenters. The van der Waals surface area contributed by atoms with Crippen molar-refractivity contribution in [2.24, 2.45) is 11.1 Å². The fourth-order valence-electron chi connectivity index (χ4n) is 5.18. The van der Waals surface area contributed by atoms with Crippen LogP contribution in [0, 0.1) is 12.3 Å². The molecular formula is C27H33N3O3. The predicted octanol–water partition coefficient (Wildman–Crippen LogP) is 3.31. The molecule has 2 heterocycles. The van der Waals surface area contributed by atoms with Crippen LogP contribution in [-0.2, 0) is 20.8 Å². The Morgan fingerprint density at radius 2 is 1.64 bits per heavy atom. The Labute approximate surface area is 195 Å². The van der Waals surface area contributed by atoms with Crippen LogP contribution in [-0.4, -0.2) is 53.2 Å². The van der Waals surface area contributed by atoms with Crippen molar-refractivity contribution in [3.05, 3.63) is 59.7 Å². The first-order valence-corrected chi connectivity index (χ1v) is 11.8. The molecule has 0 spiro atoms. The summed E-state index contributed by atoms with van der Waals surface area (Å²) in [6.45, 7) is 5.36. The number of hydrogen-bond donors (Lipinski definition) is 1. The van der Waals surface area contributed by atoms with E-state index in [4.69, 9.17) is 5.73 Å². The van der Waals surface area contributed by atoms with Crippen LogP contribution >= 0.6 is 0 Å². The van der Waals surface area contributed by atoms with Crippen LogP contribution in [0.2, 0.25) is 0 Å². The molecule has 6 heteroatoms. The van der Waals surface area contributed by atoms with Crippen LogP contribution < -0.4 is 5.73 Å². The van der Waals surface area contributed by atoms with Crippen LogP contribution in [0.25, 0.3) is 11.1 Å². The molecule has 174 valence electrons. The van der Waals surface area contributed by atoms with Gasteiger partial charge in [0.1, 0.15) is 6.04 Å².